The van der Waals surface area contributed by atoms with Crippen molar-refractivity contribution in [2.45, 2.75) is 19.3 Å². The summed E-state index contributed by atoms with van der Waals surface area (Å²) in [5.41, 5.74) is 17.1. The van der Waals surface area contributed by atoms with E-state index in [4.69, 9.17) is 4.98 Å². The summed E-state index contributed by atoms with van der Waals surface area (Å²) in [5.74, 6) is 0. The Bertz CT molecular complexity index is 2740. The van der Waals surface area contributed by atoms with Crippen LogP contribution in [0, 0.1) is 0 Å². The summed E-state index contributed by atoms with van der Waals surface area (Å²) >= 11 is 0. The number of benzene rings is 5. The van der Waals surface area contributed by atoms with Gasteiger partial charge in [0, 0.05) is 46.0 Å². The van der Waals surface area contributed by atoms with E-state index in [0.29, 0.717) is 0 Å². The lowest BCUT2D eigenvalue weighted by Gasteiger charge is -2.22. The first-order chi connectivity index (χ1) is 25.5. The minimum atomic E-state index is -0.0685. The molecule has 4 nitrogen and oxygen atoms in total. The van der Waals surface area contributed by atoms with Crippen molar-refractivity contribution in [3.63, 3.8) is 0 Å². The fourth-order valence-corrected chi connectivity index (χ4v) is 8.11. The second-order valence-corrected chi connectivity index (χ2v) is 14.1. The second-order valence-electron chi connectivity index (χ2n) is 14.1. The third-order valence-corrected chi connectivity index (χ3v) is 10.8. The first-order valence-electron chi connectivity index (χ1n) is 17.8. The van der Waals surface area contributed by atoms with Crippen molar-refractivity contribution in [2.24, 2.45) is 0 Å². The van der Waals surface area contributed by atoms with Crippen LogP contribution in [0.3, 0.4) is 0 Å². The molecule has 0 aliphatic heterocycles. The minimum absolute atomic E-state index is 0.0685. The zero-order chi connectivity index (χ0) is 34.8. The van der Waals surface area contributed by atoms with Gasteiger partial charge in [0.2, 0.25) is 0 Å². The Kier molecular flexibility index (Phi) is 6.80. The predicted molar refractivity (Wildman–Crippen MR) is 213 cm³/mol. The molecule has 0 unspecified atom stereocenters. The SMILES string of the molecule is CC1(C)c2ccccc2-c2ccc(-n3c4ccncc4c4cc(-c5ccc(-c6cc(-c7ccccc7)nc(-c7ccccn7)c6)cc5)ccc43)cc21. The molecule has 0 saturated carbocycles. The van der Waals surface area contributed by atoms with E-state index in [2.05, 4.69) is 156 Å². The minimum Gasteiger partial charge on any atom is -0.309 e. The maximum atomic E-state index is 5.01. The van der Waals surface area contributed by atoms with Crippen molar-refractivity contribution >= 4 is 21.8 Å². The van der Waals surface area contributed by atoms with Gasteiger partial charge in [-0.15, -0.1) is 0 Å². The smallest absolute Gasteiger partial charge is 0.0899 e. The van der Waals surface area contributed by atoms with E-state index in [1.165, 1.54) is 44.4 Å². The van der Waals surface area contributed by atoms with Gasteiger partial charge in [-0.25, -0.2) is 4.98 Å². The number of nitrogens with zero attached hydrogens (tertiary/aromatic N) is 4. The Hall–Kier alpha value is -6.65. The van der Waals surface area contributed by atoms with Crippen molar-refractivity contribution in [3.05, 3.63) is 181 Å². The molecule has 1 aliphatic rings. The Morgan fingerprint density at radius 3 is 2.00 bits per heavy atom. The fraction of sp³-hybridized carbons (Fsp3) is 0.0625. The maximum absolute atomic E-state index is 5.01. The van der Waals surface area contributed by atoms with Gasteiger partial charge < -0.3 is 4.57 Å². The van der Waals surface area contributed by atoms with Crippen LogP contribution < -0.4 is 0 Å². The van der Waals surface area contributed by atoms with E-state index in [0.717, 1.165) is 50.2 Å². The lowest BCUT2D eigenvalue weighted by Crippen LogP contribution is -2.15. The molecule has 0 fully saturated rings. The van der Waals surface area contributed by atoms with E-state index in [1.807, 2.05) is 42.9 Å². The lowest BCUT2D eigenvalue weighted by molar-refractivity contribution is 0.660. The molecule has 9 aromatic rings. The first-order valence-corrected chi connectivity index (χ1v) is 17.8. The van der Waals surface area contributed by atoms with E-state index in [1.54, 1.807) is 0 Å². The average molecular weight is 667 g/mol. The molecule has 0 radical (unpaired) electrons. The molecule has 4 heteroatoms. The van der Waals surface area contributed by atoms with Gasteiger partial charge in [-0.2, -0.15) is 0 Å². The monoisotopic (exact) mass is 666 g/mol. The molecular formula is C48H34N4. The van der Waals surface area contributed by atoms with E-state index in [9.17, 15) is 0 Å². The number of fused-ring (bicyclic) bond motifs is 6. The molecule has 0 spiro atoms. The van der Waals surface area contributed by atoms with Crippen LogP contribution in [-0.4, -0.2) is 19.5 Å². The van der Waals surface area contributed by atoms with Crippen LogP contribution in [-0.2, 0) is 5.41 Å². The molecule has 0 atom stereocenters. The topological polar surface area (TPSA) is 43.6 Å². The Balaban J connectivity index is 1.05. The summed E-state index contributed by atoms with van der Waals surface area (Å²) in [6.45, 7) is 4.68. The molecule has 0 saturated heterocycles. The molecule has 52 heavy (non-hydrogen) atoms. The quantitative estimate of drug-likeness (QED) is 0.184. The van der Waals surface area contributed by atoms with Crippen molar-refractivity contribution in [1.29, 1.82) is 0 Å². The van der Waals surface area contributed by atoms with Crippen LogP contribution >= 0.6 is 0 Å². The number of hydrogen-bond donors (Lipinski definition) is 0. The largest absolute Gasteiger partial charge is 0.309 e. The van der Waals surface area contributed by atoms with E-state index >= 15 is 0 Å². The summed E-state index contributed by atoms with van der Waals surface area (Å²) in [6, 6.07) is 54.2. The van der Waals surface area contributed by atoms with Crippen molar-refractivity contribution in [3.8, 4) is 61.7 Å². The van der Waals surface area contributed by atoms with Crippen molar-refractivity contribution in [1.82, 2.24) is 19.5 Å². The molecule has 10 rings (SSSR count). The molecule has 0 N–H and O–H groups in total. The van der Waals surface area contributed by atoms with Crippen LogP contribution in [0.1, 0.15) is 25.0 Å². The van der Waals surface area contributed by atoms with Gasteiger partial charge >= 0.3 is 0 Å². The molecular weight excluding hydrogens is 633 g/mol. The number of hydrogen-bond acceptors (Lipinski definition) is 3. The zero-order valence-electron chi connectivity index (χ0n) is 29.0. The third-order valence-electron chi connectivity index (χ3n) is 10.8. The van der Waals surface area contributed by atoms with Gasteiger partial charge in [-0.1, -0.05) is 111 Å². The number of rotatable bonds is 5. The molecule has 0 amide bonds. The lowest BCUT2D eigenvalue weighted by atomic mass is 9.82. The third kappa shape index (κ3) is 4.79. The summed E-state index contributed by atoms with van der Waals surface area (Å²) < 4.78 is 2.39. The fourth-order valence-electron chi connectivity index (χ4n) is 8.11. The highest BCUT2D eigenvalue weighted by atomic mass is 15.0. The Morgan fingerprint density at radius 2 is 1.17 bits per heavy atom. The van der Waals surface area contributed by atoms with Crippen LogP contribution in [0.2, 0.25) is 0 Å². The van der Waals surface area contributed by atoms with Crippen LogP contribution in [0.15, 0.2) is 170 Å². The maximum Gasteiger partial charge on any atom is 0.0899 e. The summed E-state index contributed by atoms with van der Waals surface area (Å²) in [7, 11) is 0. The summed E-state index contributed by atoms with van der Waals surface area (Å²) in [6.07, 6.45) is 5.71. The highest BCUT2D eigenvalue weighted by molar-refractivity contribution is 6.10. The zero-order valence-corrected chi connectivity index (χ0v) is 29.0. The van der Waals surface area contributed by atoms with Gasteiger partial charge in [-0.05, 0) is 99.1 Å². The first kappa shape index (κ1) is 30.2. The standard InChI is InChI=1S/C48H34N4/c1-48(2)41-13-7-6-12-37(41)38-21-20-36(29-42(38)48)52-46-22-19-34(26-39(46)40-30-49-25-23-47(40)52)31-15-17-32(18-16-31)35-27-44(33-10-4-3-5-11-33)51-45(28-35)43-14-8-9-24-50-43/h3-30H,1-2H3. The Morgan fingerprint density at radius 1 is 0.462 bits per heavy atom. The highest BCUT2D eigenvalue weighted by Crippen LogP contribution is 2.49. The van der Waals surface area contributed by atoms with E-state index < -0.39 is 0 Å². The van der Waals surface area contributed by atoms with Crippen molar-refractivity contribution in [2.75, 3.05) is 0 Å². The van der Waals surface area contributed by atoms with Crippen LogP contribution in [0.4, 0.5) is 0 Å². The highest BCUT2D eigenvalue weighted by Gasteiger charge is 2.35. The number of aromatic nitrogens is 4. The van der Waals surface area contributed by atoms with Gasteiger partial charge in [0.1, 0.15) is 0 Å². The van der Waals surface area contributed by atoms with Crippen LogP contribution in [0.5, 0.6) is 0 Å². The summed E-state index contributed by atoms with van der Waals surface area (Å²) in [4.78, 5) is 14.2. The average Bonchev–Trinajstić information content (AvgIpc) is 3.66. The molecule has 4 heterocycles. The number of pyridine rings is 3. The van der Waals surface area contributed by atoms with Gasteiger partial charge in [0.05, 0.1) is 28.1 Å². The van der Waals surface area contributed by atoms with Crippen molar-refractivity contribution < 1.29 is 0 Å². The van der Waals surface area contributed by atoms with Gasteiger partial charge in [0.15, 0.2) is 0 Å². The predicted octanol–water partition coefficient (Wildman–Crippen LogP) is 11.9. The van der Waals surface area contributed by atoms with Crippen LogP contribution in [0.25, 0.3) is 83.5 Å². The molecule has 0 bridgehead atoms. The Labute approximate surface area is 302 Å². The molecule has 5 aromatic carbocycles. The van der Waals surface area contributed by atoms with E-state index in [-0.39, 0.29) is 5.41 Å². The van der Waals surface area contributed by atoms with Gasteiger partial charge in [0.25, 0.3) is 0 Å². The van der Waals surface area contributed by atoms with Gasteiger partial charge in [-0.3, -0.25) is 9.97 Å². The molecule has 4 aromatic heterocycles. The molecule has 246 valence electrons. The second kappa shape index (κ2) is 11.7. The molecule has 1 aliphatic carbocycles. The normalized spacial score (nSPS) is 13.0. The summed E-state index contributed by atoms with van der Waals surface area (Å²) in [5, 5.41) is 2.33.